The molecule has 0 unspecified atom stereocenters. The number of anilines is 3. The van der Waals surface area contributed by atoms with Crippen LogP contribution >= 0.6 is 7.26 Å². The van der Waals surface area contributed by atoms with Gasteiger partial charge in [0, 0.05) is 0 Å². The number of halogens is 1. The molecule has 1 aromatic carbocycles. The number of aromatic nitrogens is 3. The van der Waals surface area contributed by atoms with Gasteiger partial charge in [0.1, 0.15) is 0 Å². The molecule has 0 bridgehead atoms. The Morgan fingerprint density at radius 2 is 2.07 bits per heavy atom. The molecule has 3 N–H and O–H groups in total. The van der Waals surface area contributed by atoms with Crippen molar-refractivity contribution in [1.82, 2.24) is 15.0 Å². The molecule has 4 rings (SSSR count). The Balaban J connectivity index is 1.80. The third-order valence-corrected chi connectivity index (χ3v) is 8.77. The zero-order valence-corrected chi connectivity index (χ0v) is 17.9. The first-order valence-corrected chi connectivity index (χ1v) is 12.4. The maximum absolute atomic E-state index is 14.7. The molecule has 2 aromatic heterocycles. The molecular formula is C21H22FN6OP. The fourth-order valence-electron chi connectivity index (χ4n) is 3.57. The summed E-state index contributed by atoms with van der Waals surface area (Å²) in [6.45, 7) is 5.83. The molecule has 0 amide bonds. The standard InChI is InChI=1S/C21H22FN6OP/c1-12-8-24-13(2)4-17(12)27-21-25-9-16(22)19(28-21)14-5-15(7-23)20-18(6-14)30(3,11-29)10-26-20/h4-6,8-9,26,29-30H,10-11H2,1-3H3,(H,24,25,27,28). The van der Waals surface area contributed by atoms with Crippen LogP contribution in [0.2, 0.25) is 0 Å². The van der Waals surface area contributed by atoms with E-state index in [1.54, 1.807) is 12.3 Å². The second kappa shape index (κ2) is 7.60. The number of nitriles is 1. The van der Waals surface area contributed by atoms with Crippen molar-refractivity contribution >= 4 is 29.9 Å². The zero-order chi connectivity index (χ0) is 21.5. The van der Waals surface area contributed by atoms with E-state index in [4.69, 9.17) is 0 Å². The second-order valence-electron chi connectivity index (χ2n) is 7.79. The molecule has 9 heteroatoms. The summed E-state index contributed by atoms with van der Waals surface area (Å²) in [7, 11) is -2.19. The van der Waals surface area contributed by atoms with Crippen LogP contribution in [0.25, 0.3) is 11.3 Å². The van der Waals surface area contributed by atoms with E-state index < -0.39 is 13.1 Å². The number of hydrogen-bond donors (Lipinski definition) is 3. The number of hydrogen-bond acceptors (Lipinski definition) is 7. The molecule has 0 aliphatic carbocycles. The summed E-state index contributed by atoms with van der Waals surface area (Å²) in [6.07, 6.45) is 3.54. The Morgan fingerprint density at radius 1 is 1.27 bits per heavy atom. The van der Waals surface area contributed by atoms with Crippen LogP contribution in [0.5, 0.6) is 0 Å². The number of aryl methyl sites for hydroxylation is 2. The Bertz CT molecular complexity index is 1190. The Kier molecular flexibility index (Phi) is 5.10. The maximum atomic E-state index is 14.7. The molecule has 3 aromatic rings. The van der Waals surface area contributed by atoms with Gasteiger partial charge >= 0.3 is 174 Å². The molecule has 0 spiro atoms. The molecule has 30 heavy (non-hydrogen) atoms. The molecule has 154 valence electrons. The molecule has 0 fully saturated rings. The molecule has 3 heterocycles. The fraction of sp³-hybridized carbons (Fsp3) is 0.238. The van der Waals surface area contributed by atoms with Gasteiger partial charge in [-0.1, -0.05) is 0 Å². The third kappa shape index (κ3) is 3.47. The van der Waals surface area contributed by atoms with E-state index in [9.17, 15) is 14.8 Å². The summed E-state index contributed by atoms with van der Waals surface area (Å²) >= 11 is 0. The minimum absolute atomic E-state index is 0.0427. The predicted octanol–water partition coefficient (Wildman–Crippen LogP) is 3.25. The molecule has 0 radical (unpaired) electrons. The number of aliphatic hydroxyl groups excluding tert-OH is 1. The molecule has 7 nitrogen and oxygen atoms in total. The number of pyridine rings is 1. The van der Waals surface area contributed by atoms with Crippen LogP contribution in [0.15, 0.2) is 30.6 Å². The normalized spacial score (nSPS) is 15.1. The van der Waals surface area contributed by atoms with Gasteiger partial charge in [0.2, 0.25) is 0 Å². The number of nitrogens with one attached hydrogen (secondary N) is 2. The summed E-state index contributed by atoms with van der Waals surface area (Å²) in [5, 5.41) is 26.8. The van der Waals surface area contributed by atoms with Gasteiger partial charge in [-0.05, 0) is 0 Å². The first kappa shape index (κ1) is 20.1. The number of nitrogens with zero attached hydrogens (tertiary/aromatic N) is 4. The molecule has 1 aliphatic rings. The third-order valence-electron chi connectivity index (χ3n) is 5.42. The number of benzene rings is 1. The van der Waals surface area contributed by atoms with Crippen LogP contribution in [-0.4, -0.2) is 39.4 Å². The first-order chi connectivity index (χ1) is 14.3. The predicted molar refractivity (Wildman–Crippen MR) is 119 cm³/mol. The molecule has 0 saturated carbocycles. The number of aliphatic hydroxyl groups is 1. The van der Waals surface area contributed by atoms with E-state index in [1.165, 1.54) is 0 Å². The average molecular weight is 424 g/mol. The SMILES string of the molecule is Cc1cc(Nc2ncc(F)c(-c3cc(C#N)c4c(c3)[PH](C)(CO)CN4)n2)c(C)cn1. The molecule has 1 aliphatic heterocycles. The fourth-order valence-corrected chi connectivity index (χ4v) is 5.94. The zero-order valence-electron chi connectivity index (χ0n) is 16.9. The molecule has 0 atom stereocenters. The van der Waals surface area contributed by atoms with Crippen molar-refractivity contribution in [1.29, 1.82) is 5.26 Å². The summed E-state index contributed by atoms with van der Waals surface area (Å²) in [5.74, 6) is -0.329. The summed E-state index contributed by atoms with van der Waals surface area (Å²) in [5.41, 5.74) is 4.29. The summed E-state index contributed by atoms with van der Waals surface area (Å²) in [4.78, 5) is 12.7. The van der Waals surface area contributed by atoms with E-state index in [2.05, 4.69) is 31.7 Å². The minimum atomic E-state index is -2.19. The van der Waals surface area contributed by atoms with Crippen molar-refractivity contribution in [3.63, 3.8) is 0 Å². The van der Waals surface area contributed by atoms with E-state index in [0.717, 1.165) is 34.1 Å². The van der Waals surface area contributed by atoms with Crippen molar-refractivity contribution < 1.29 is 9.50 Å². The van der Waals surface area contributed by atoms with Crippen molar-refractivity contribution in [3.05, 3.63) is 53.2 Å². The van der Waals surface area contributed by atoms with Crippen molar-refractivity contribution in [2.75, 3.05) is 29.9 Å². The van der Waals surface area contributed by atoms with Gasteiger partial charge in [-0.2, -0.15) is 0 Å². The molecular weight excluding hydrogens is 402 g/mol. The van der Waals surface area contributed by atoms with E-state index in [0.29, 0.717) is 17.4 Å². The average Bonchev–Trinajstić information content (AvgIpc) is 3.09. The monoisotopic (exact) mass is 424 g/mol. The van der Waals surface area contributed by atoms with Gasteiger partial charge in [0.05, 0.1) is 0 Å². The van der Waals surface area contributed by atoms with Crippen LogP contribution in [0.4, 0.5) is 21.7 Å². The first-order valence-electron chi connectivity index (χ1n) is 9.51. The number of fused-ring (bicyclic) bond motifs is 1. The van der Waals surface area contributed by atoms with E-state index >= 15 is 0 Å². The number of rotatable bonds is 4. The van der Waals surface area contributed by atoms with Crippen molar-refractivity contribution in [2.24, 2.45) is 0 Å². The quantitative estimate of drug-likeness (QED) is 0.552. The van der Waals surface area contributed by atoms with Gasteiger partial charge in [-0.15, -0.1) is 0 Å². The topological polar surface area (TPSA) is 107 Å². The Labute approximate surface area is 174 Å². The van der Waals surface area contributed by atoms with Gasteiger partial charge in [0.15, 0.2) is 0 Å². The van der Waals surface area contributed by atoms with Gasteiger partial charge < -0.3 is 0 Å². The molecule has 0 saturated heterocycles. The Morgan fingerprint density at radius 3 is 2.80 bits per heavy atom. The summed E-state index contributed by atoms with van der Waals surface area (Å²) in [6, 6.07) is 7.51. The van der Waals surface area contributed by atoms with Gasteiger partial charge in [0.25, 0.3) is 0 Å². The van der Waals surface area contributed by atoms with Crippen LogP contribution in [0.1, 0.15) is 16.8 Å². The second-order valence-corrected chi connectivity index (χ2v) is 12.1. The summed E-state index contributed by atoms with van der Waals surface area (Å²) < 4.78 is 14.7. The van der Waals surface area contributed by atoms with Crippen molar-refractivity contribution in [3.8, 4) is 17.3 Å². The van der Waals surface area contributed by atoms with Gasteiger partial charge in [-0.3, -0.25) is 0 Å². The van der Waals surface area contributed by atoms with E-state index in [-0.39, 0.29) is 18.0 Å². The van der Waals surface area contributed by atoms with E-state index in [1.807, 2.05) is 32.6 Å². The van der Waals surface area contributed by atoms with Crippen LogP contribution < -0.4 is 15.9 Å². The van der Waals surface area contributed by atoms with Crippen molar-refractivity contribution in [2.45, 2.75) is 13.8 Å². The van der Waals surface area contributed by atoms with Crippen LogP contribution in [-0.2, 0) is 0 Å². The van der Waals surface area contributed by atoms with Crippen LogP contribution in [0, 0.1) is 31.0 Å². The Hall–Kier alpha value is -3.14. The van der Waals surface area contributed by atoms with Crippen LogP contribution in [0.3, 0.4) is 0 Å². The van der Waals surface area contributed by atoms with Gasteiger partial charge in [-0.25, -0.2) is 0 Å².